The Bertz CT molecular complexity index is 615. The first-order chi connectivity index (χ1) is 9.55. The molecule has 0 saturated heterocycles. The number of hydrogen-bond donors (Lipinski definition) is 3. The summed E-state index contributed by atoms with van der Waals surface area (Å²) >= 11 is 0. The highest BCUT2D eigenvalue weighted by Crippen LogP contribution is 2.24. The lowest BCUT2D eigenvalue weighted by molar-refractivity contribution is -0.274. The molecule has 0 aromatic heterocycles. The Morgan fingerprint density at radius 1 is 1.38 bits per heavy atom. The number of nitrogens with one attached hydrogen (secondary N) is 1. The number of carbonyl (C=O) groups is 1. The van der Waals surface area contributed by atoms with Crippen molar-refractivity contribution in [3.05, 3.63) is 24.3 Å². The summed E-state index contributed by atoms with van der Waals surface area (Å²) in [5.41, 5.74) is 0. The van der Waals surface area contributed by atoms with Gasteiger partial charge in [-0.25, -0.2) is 8.42 Å². The Kier molecular flexibility index (Phi) is 5.15. The van der Waals surface area contributed by atoms with E-state index in [9.17, 15) is 26.4 Å². The van der Waals surface area contributed by atoms with Crippen LogP contribution in [0.25, 0.3) is 0 Å². The quantitative estimate of drug-likeness (QED) is 0.692. The van der Waals surface area contributed by atoms with Gasteiger partial charge in [-0.05, 0) is 12.1 Å². The van der Waals surface area contributed by atoms with Crippen LogP contribution < -0.4 is 9.46 Å². The van der Waals surface area contributed by atoms with E-state index in [1.54, 1.807) is 4.72 Å². The van der Waals surface area contributed by atoms with Gasteiger partial charge in [0.05, 0.1) is 11.5 Å². The summed E-state index contributed by atoms with van der Waals surface area (Å²) in [7, 11) is -4.43. The number of aliphatic carboxylic acids is 1. The molecular weight excluding hydrogens is 319 g/mol. The van der Waals surface area contributed by atoms with Gasteiger partial charge in [-0.3, -0.25) is 4.79 Å². The Balaban J connectivity index is 3.04. The highest BCUT2D eigenvalue weighted by Gasteiger charge is 2.32. The van der Waals surface area contributed by atoms with Gasteiger partial charge in [-0.15, -0.1) is 13.2 Å². The van der Waals surface area contributed by atoms with Crippen molar-refractivity contribution in [3.8, 4) is 5.75 Å². The molecule has 0 radical (unpaired) electrons. The highest BCUT2D eigenvalue weighted by molar-refractivity contribution is 7.89. The Morgan fingerprint density at radius 3 is 2.48 bits per heavy atom. The van der Waals surface area contributed by atoms with Crippen molar-refractivity contribution in [2.45, 2.75) is 17.3 Å². The first-order valence-corrected chi connectivity index (χ1v) is 6.75. The number of carboxylic acid groups (broad SMARTS) is 1. The van der Waals surface area contributed by atoms with Crippen molar-refractivity contribution in [3.63, 3.8) is 0 Å². The van der Waals surface area contributed by atoms with Crippen molar-refractivity contribution >= 4 is 16.0 Å². The van der Waals surface area contributed by atoms with E-state index in [-0.39, 0.29) is 0 Å². The van der Waals surface area contributed by atoms with Crippen molar-refractivity contribution in [2.75, 3.05) is 6.61 Å². The van der Waals surface area contributed by atoms with Crippen molar-refractivity contribution in [1.82, 2.24) is 4.72 Å². The predicted molar refractivity (Wildman–Crippen MR) is 62.0 cm³/mol. The zero-order valence-electron chi connectivity index (χ0n) is 10.2. The van der Waals surface area contributed by atoms with Crippen molar-refractivity contribution in [2.24, 2.45) is 0 Å². The van der Waals surface area contributed by atoms with E-state index in [0.29, 0.717) is 6.07 Å². The predicted octanol–water partition coefficient (Wildman–Crippen LogP) is 0.309. The number of ether oxygens (including phenoxy) is 1. The second kappa shape index (κ2) is 6.28. The fourth-order valence-electron chi connectivity index (χ4n) is 1.26. The van der Waals surface area contributed by atoms with Gasteiger partial charge in [0.15, 0.2) is 0 Å². The molecule has 0 unspecified atom stereocenters. The number of hydrogen-bond acceptors (Lipinski definition) is 5. The summed E-state index contributed by atoms with van der Waals surface area (Å²) in [5, 5.41) is 17.4. The molecule has 21 heavy (non-hydrogen) atoms. The molecule has 1 atom stereocenters. The van der Waals surface area contributed by atoms with E-state index in [0.717, 1.165) is 18.2 Å². The third kappa shape index (κ3) is 5.21. The summed E-state index contributed by atoms with van der Waals surface area (Å²) in [6.45, 7) is -1.02. The number of rotatable bonds is 6. The van der Waals surface area contributed by atoms with Crippen molar-refractivity contribution < 1.29 is 41.3 Å². The van der Waals surface area contributed by atoms with Crippen LogP contribution in [0.4, 0.5) is 13.2 Å². The van der Waals surface area contributed by atoms with E-state index in [1.807, 2.05) is 0 Å². The number of aliphatic hydroxyl groups excluding tert-OH is 1. The molecule has 0 amide bonds. The maximum Gasteiger partial charge on any atom is 0.573 e. The molecule has 7 nitrogen and oxygen atoms in total. The van der Waals surface area contributed by atoms with Crippen LogP contribution in [0.1, 0.15) is 0 Å². The zero-order valence-corrected chi connectivity index (χ0v) is 11.0. The van der Waals surface area contributed by atoms with E-state index < -0.39 is 45.6 Å². The molecule has 118 valence electrons. The lowest BCUT2D eigenvalue weighted by atomic mass is 10.3. The molecule has 0 aliphatic carbocycles. The van der Waals surface area contributed by atoms with E-state index >= 15 is 0 Å². The fraction of sp³-hybridized carbons (Fsp3) is 0.300. The number of aliphatic hydroxyl groups is 1. The van der Waals surface area contributed by atoms with Crippen LogP contribution in [0, 0.1) is 0 Å². The van der Waals surface area contributed by atoms with E-state index in [4.69, 9.17) is 10.2 Å². The number of halogens is 3. The van der Waals surface area contributed by atoms with Crippen LogP contribution in [0.2, 0.25) is 0 Å². The SMILES string of the molecule is O=C(O)[C@H](CO)NS(=O)(=O)c1cccc(OC(F)(F)F)c1. The van der Waals surface area contributed by atoms with Gasteiger partial charge in [0, 0.05) is 6.07 Å². The van der Waals surface area contributed by atoms with E-state index in [2.05, 4.69) is 4.74 Å². The number of alkyl halides is 3. The maximum atomic E-state index is 12.0. The second-order valence-electron chi connectivity index (χ2n) is 3.72. The second-order valence-corrected chi connectivity index (χ2v) is 5.43. The monoisotopic (exact) mass is 329 g/mol. The molecular formula is C10H10F3NO6S. The molecule has 0 bridgehead atoms. The Labute approximate surface area is 117 Å². The van der Waals surface area contributed by atoms with Crippen LogP contribution in [0.15, 0.2) is 29.2 Å². The van der Waals surface area contributed by atoms with Gasteiger partial charge in [-0.1, -0.05) is 6.07 Å². The summed E-state index contributed by atoms with van der Waals surface area (Å²) in [6.07, 6.45) is -5.00. The average molecular weight is 329 g/mol. The largest absolute Gasteiger partial charge is 0.573 e. The fourth-order valence-corrected chi connectivity index (χ4v) is 2.47. The smallest absolute Gasteiger partial charge is 0.480 e. The number of benzene rings is 1. The van der Waals surface area contributed by atoms with E-state index in [1.165, 1.54) is 0 Å². The number of carboxylic acids is 1. The highest BCUT2D eigenvalue weighted by atomic mass is 32.2. The van der Waals surface area contributed by atoms with Crippen LogP contribution in [0.5, 0.6) is 5.75 Å². The number of sulfonamides is 1. The standard InChI is InChI=1S/C10H10F3NO6S/c11-10(12,13)20-6-2-1-3-7(4-6)21(18,19)14-8(5-15)9(16)17/h1-4,8,14-15H,5H2,(H,16,17)/t8-/m0/s1. The molecule has 0 aliphatic rings. The van der Waals surface area contributed by atoms with Gasteiger partial charge in [0.25, 0.3) is 0 Å². The molecule has 0 aliphatic heterocycles. The molecule has 1 aromatic carbocycles. The molecule has 0 heterocycles. The molecule has 3 N–H and O–H groups in total. The summed E-state index contributed by atoms with van der Waals surface area (Å²) < 4.78 is 64.9. The first kappa shape index (κ1) is 17.2. The lowest BCUT2D eigenvalue weighted by Gasteiger charge is -2.13. The minimum Gasteiger partial charge on any atom is -0.480 e. The Hall–Kier alpha value is -1.85. The van der Waals surface area contributed by atoms with Crippen LogP contribution in [0.3, 0.4) is 0 Å². The van der Waals surface area contributed by atoms with Crippen LogP contribution in [-0.4, -0.2) is 43.6 Å². The minimum atomic E-state index is -5.00. The van der Waals surface area contributed by atoms with Gasteiger partial charge in [0.1, 0.15) is 11.8 Å². The van der Waals surface area contributed by atoms with Crippen LogP contribution >= 0.6 is 0 Å². The van der Waals surface area contributed by atoms with Gasteiger partial charge < -0.3 is 14.9 Å². The van der Waals surface area contributed by atoms with Gasteiger partial charge in [-0.2, -0.15) is 4.72 Å². The third-order valence-corrected chi connectivity index (χ3v) is 3.60. The van der Waals surface area contributed by atoms with Gasteiger partial charge >= 0.3 is 12.3 Å². The normalized spacial score (nSPS) is 13.7. The summed E-state index contributed by atoms with van der Waals surface area (Å²) in [4.78, 5) is 10.00. The lowest BCUT2D eigenvalue weighted by Crippen LogP contribution is -2.43. The van der Waals surface area contributed by atoms with Crippen molar-refractivity contribution in [1.29, 1.82) is 0 Å². The maximum absolute atomic E-state index is 12.0. The minimum absolute atomic E-state index is 0.576. The summed E-state index contributed by atoms with van der Waals surface area (Å²) in [6, 6.07) is 1.58. The van der Waals surface area contributed by atoms with Gasteiger partial charge in [0.2, 0.25) is 10.0 Å². The third-order valence-electron chi connectivity index (χ3n) is 2.13. The molecule has 0 fully saturated rings. The molecule has 1 aromatic rings. The summed E-state index contributed by atoms with van der Waals surface area (Å²) in [5.74, 6) is -2.41. The molecule has 0 saturated carbocycles. The molecule has 1 rings (SSSR count). The molecule has 11 heteroatoms. The average Bonchev–Trinajstić information content (AvgIpc) is 2.34. The van der Waals surface area contributed by atoms with Crippen LogP contribution in [-0.2, 0) is 14.8 Å². The molecule has 0 spiro atoms. The first-order valence-electron chi connectivity index (χ1n) is 5.27. The topological polar surface area (TPSA) is 113 Å². The zero-order chi connectivity index (χ0) is 16.3. The Morgan fingerprint density at radius 2 is 2.00 bits per heavy atom.